The van der Waals surface area contributed by atoms with Crippen molar-refractivity contribution in [3.8, 4) is 0 Å². The maximum atomic E-state index is 13.4. The van der Waals surface area contributed by atoms with Gasteiger partial charge in [-0.1, -0.05) is 42.0 Å². The Kier molecular flexibility index (Phi) is 7.50. The Morgan fingerprint density at radius 3 is 2.21 bits per heavy atom. The Morgan fingerprint density at radius 2 is 1.58 bits per heavy atom. The van der Waals surface area contributed by atoms with E-state index < -0.39 is 28.4 Å². The number of carbonyl (C=O) groups excluding carboxylic acids is 2. The zero-order valence-corrected chi connectivity index (χ0v) is 19.6. The number of amides is 1. The SMILES string of the molecule is CCOC(=O)c1cccc(NC(=O)CN(c2ccc(C)cc2)S(=O)(=O)c2ccccc2)c1C. The van der Waals surface area contributed by atoms with Gasteiger partial charge >= 0.3 is 5.97 Å². The Labute approximate surface area is 194 Å². The first-order valence-corrected chi connectivity index (χ1v) is 11.9. The second-order valence-electron chi connectivity index (χ2n) is 7.41. The van der Waals surface area contributed by atoms with Crippen LogP contribution >= 0.6 is 0 Å². The summed E-state index contributed by atoms with van der Waals surface area (Å²) >= 11 is 0. The van der Waals surface area contributed by atoms with Crippen molar-refractivity contribution in [2.24, 2.45) is 0 Å². The van der Waals surface area contributed by atoms with Crippen molar-refractivity contribution in [1.29, 1.82) is 0 Å². The molecule has 0 saturated carbocycles. The summed E-state index contributed by atoms with van der Waals surface area (Å²) in [6.45, 7) is 5.10. The highest BCUT2D eigenvalue weighted by Crippen LogP contribution is 2.25. The van der Waals surface area contributed by atoms with Gasteiger partial charge in [-0.25, -0.2) is 13.2 Å². The number of anilines is 2. The zero-order valence-electron chi connectivity index (χ0n) is 18.7. The van der Waals surface area contributed by atoms with Crippen molar-refractivity contribution < 1.29 is 22.7 Å². The second kappa shape index (κ2) is 10.3. The summed E-state index contributed by atoms with van der Waals surface area (Å²) in [4.78, 5) is 25.2. The molecule has 0 atom stereocenters. The number of benzene rings is 3. The molecule has 1 amide bonds. The van der Waals surface area contributed by atoms with Crippen molar-refractivity contribution in [3.05, 3.63) is 89.5 Å². The lowest BCUT2D eigenvalue weighted by Crippen LogP contribution is -2.38. The van der Waals surface area contributed by atoms with Crippen molar-refractivity contribution >= 4 is 33.3 Å². The van der Waals surface area contributed by atoms with Gasteiger partial charge in [0.1, 0.15) is 6.54 Å². The molecule has 3 aromatic rings. The van der Waals surface area contributed by atoms with E-state index >= 15 is 0 Å². The fourth-order valence-electron chi connectivity index (χ4n) is 3.27. The standard InChI is InChI=1S/C25H26N2O5S/c1-4-32-25(29)22-11-8-12-23(19(22)3)26-24(28)17-27(20-15-13-18(2)14-16-20)33(30,31)21-9-6-5-7-10-21/h5-16H,4,17H2,1-3H3,(H,26,28). The molecule has 0 aliphatic carbocycles. The summed E-state index contributed by atoms with van der Waals surface area (Å²) < 4.78 is 32.9. The van der Waals surface area contributed by atoms with Crippen molar-refractivity contribution in [3.63, 3.8) is 0 Å². The molecule has 7 nitrogen and oxygen atoms in total. The topological polar surface area (TPSA) is 92.8 Å². The molecule has 0 heterocycles. The third-order valence-corrected chi connectivity index (χ3v) is 6.83. The average Bonchev–Trinajstić information content (AvgIpc) is 2.80. The van der Waals surface area contributed by atoms with Gasteiger partial charge in [-0.15, -0.1) is 0 Å². The van der Waals surface area contributed by atoms with E-state index in [1.165, 1.54) is 12.1 Å². The maximum absolute atomic E-state index is 13.4. The van der Waals surface area contributed by atoms with E-state index in [1.807, 2.05) is 6.92 Å². The number of nitrogens with zero attached hydrogens (tertiary/aromatic N) is 1. The number of ether oxygens (including phenoxy) is 1. The van der Waals surface area contributed by atoms with Crippen LogP contribution in [0.3, 0.4) is 0 Å². The van der Waals surface area contributed by atoms with E-state index in [1.54, 1.807) is 74.5 Å². The number of carbonyl (C=O) groups is 2. The number of aryl methyl sites for hydroxylation is 1. The lowest BCUT2D eigenvalue weighted by molar-refractivity contribution is -0.114. The summed E-state index contributed by atoms with van der Waals surface area (Å²) in [6, 6.07) is 19.7. The number of esters is 1. The molecular formula is C25H26N2O5S. The number of rotatable bonds is 8. The Morgan fingerprint density at radius 1 is 0.909 bits per heavy atom. The number of nitrogens with one attached hydrogen (secondary N) is 1. The number of hydrogen-bond donors (Lipinski definition) is 1. The molecule has 0 aromatic heterocycles. The molecule has 8 heteroatoms. The van der Waals surface area contributed by atoms with Crippen LogP contribution in [0.2, 0.25) is 0 Å². The van der Waals surface area contributed by atoms with Crippen LogP contribution in [0.4, 0.5) is 11.4 Å². The van der Waals surface area contributed by atoms with Gasteiger partial charge in [0, 0.05) is 5.69 Å². The van der Waals surface area contributed by atoms with Crippen LogP contribution in [-0.4, -0.2) is 33.4 Å². The van der Waals surface area contributed by atoms with Gasteiger partial charge in [0.2, 0.25) is 5.91 Å². The lowest BCUT2D eigenvalue weighted by Gasteiger charge is -2.24. The molecule has 0 spiro atoms. The first-order valence-electron chi connectivity index (χ1n) is 10.4. The molecule has 1 N–H and O–H groups in total. The Bertz CT molecular complexity index is 1240. The quantitative estimate of drug-likeness (QED) is 0.499. The molecule has 3 aromatic carbocycles. The van der Waals surface area contributed by atoms with Crippen LogP contribution in [0, 0.1) is 13.8 Å². The number of sulfonamides is 1. The highest BCUT2D eigenvalue weighted by molar-refractivity contribution is 7.92. The van der Waals surface area contributed by atoms with Crippen LogP contribution in [0.5, 0.6) is 0 Å². The van der Waals surface area contributed by atoms with E-state index in [4.69, 9.17) is 4.74 Å². The van der Waals surface area contributed by atoms with Crippen molar-refractivity contribution in [2.75, 3.05) is 22.8 Å². The fourth-order valence-corrected chi connectivity index (χ4v) is 4.71. The average molecular weight is 467 g/mol. The predicted octanol–water partition coefficient (Wildman–Crippen LogP) is 4.31. The minimum atomic E-state index is -4.00. The van der Waals surface area contributed by atoms with E-state index in [9.17, 15) is 18.0 Å². The largest absolute Gasteiger partial charge is 0.462 e. The first kappa shape index (κ1) is 24.0. The van der Waals surface area contributed by atoms with Gasteiger partial charge < -0.3 is 10.1 Å². The second-order valence-corrected chi connectivity index (χ2v) is 9.27. The van der Waals surface area contributed by atoms with E-state index in [0.29, 0.717) is 22.5 Å². The monoisotopic (exact) mass is 466 g/mol. The molecule has 0 fully saturated rings. The molecule has 172 valence electrons. The molecule has 3 rings (SSSR count). The summed E-state index contributed by atoms with van der Waals surface area (Å²) in [5.74, 6) is -1.03. The molecular weight excluding hydrogens is 440 g/mol. The molecule has 0 unspecified atom stereocenters. The highest BCUT2D eigenvalue weighted by Gasteiger charge is 2.27. The molecule has 0 aliphatic rings. The predicted molar refractivity (Wildman–Crippen MR) is 128 cm³/mol. The molecule has 0 radical (unpaired) electrons. The minimum Gasteiger partial charge on any atom is -0.462 e. The number of hydrogen-bond acceptors (Lipinski definition) is 5. The van der Waals surface area contributed by atoms with E-state index in [0.717, 1.165) is 9.87 Å². The van der Waals surface area contributed by atoms with Crippen molar-refractivity contribution in [2.45, 2.75) is 25.7 Å². The van der Waals surface area contributed by atoms with Gasteiger partial charge in [-0.3, -0.25) is 9.10 Å². The highest BCUT2D eigenvalue weighted by atomic mass is 32.2. The van der Waals surface area contributed by atoms with Gasteiger partial charge in [-0.05, 0) is 62.7 Å². The third-order valence-electron chi connectivity index (χ3n) is 5.04. The van der Waals surface area contributed by atoms with Crippen LogP contribution in [0.1, 0.15) is 28.4 Å². The van der Waals surface area contributed by atoms with Crippen LogP contribution in [0.25, 0.3) is 0 Å². The Hall–Kier alpha value is -3.65. The lowest BCUT2D eigenvalue weighted by atomic mass is 10.1. The van der Waals surface area contributed by atoms with Gasteiger partial charge in [-0.2, -0.15) is 0 Å². The molecule has 33 heavy (non-hydrogen) atoms. The van der Waals surface area contributed by atoms with E-state index in [-0.39, 0.29) is 11.5 Å². The van der Waals surface area contributed by atoms with Crippen LogP contribution in [0.15, 0.2) is 77.7 Å². The summed E-state index contributed by atoms with van der Waals surface area (Å²) in [7, 11) is -4.00. The minimum absolute atomic E-state index is 0.0823. The normalized spacial score (nSPS) is 11.0. The van der Waals surface area contributed by atoms with Gasteiger partial charge in [0.25, 0.3) is 10.0 Å². The van der Waals surface area contributed by atoms with Crippen molar-refractivity contribution in [1.82, 2.24) is 0 Å². The van der Waals surface area contributed by atoms with Crippen LogP contribution < -0.4 is 9.62 Å². The smallest absolute Gasteiger partial charge is 0.338 e. The summed E-state index contributed by atoms with van der Waals surface area (Å²) in [5, 5.41) is 2.73. The molecule has 0 aliphatic heterocycles. The van der Waals surface area contributed by atoms with Crippen LogP contribution in [-0.2, 0) is 19.6 Å². The first-order chi connectivity index (χ1) is 15.7. The van der Waals surface area contributed by atoms with Gasteiger partial charge in [0.05, 0.1) is 22.8 Å². The van der Waals surface area contributed by atoms with Gasteiger partial charge in [0.15, 0.2) is 0 Å². The summed E-state index contributed by atoms with van der Waals surface area (Å²) in [5.41, 5.74) is 2.62. The summed E-state index contributed by atoms with van der Waals surface area (Å²) in [6.07, 6.45) is 0. The molecule has 0 bridgehead atoms. The van der Waals surface area contributed by atoms with E-state index in [2.05, 4.69) is 5.32 Å². The third kappa shape index (κ3) is 5.59. The molecule has 0 saturated heterocycles. The Balaban J connectivity index is 1.91. The zero-order chi connectivity index (χ0) is 24.0. The fraction of sp³-hybridized carbons (Fsp3) is 0.200. The maximum Gasteiger partial charge on any atom is 0.338 e.